The van der Waals surface area contributed by atoms with E-state index in [2.05, 4.69) is 31.9 Å². The first-order valence-corrected chi connectivity index (χ1v) is 8.58. The minimum absolute atomic E-state index is 0.212. The van der Waals surface area contributed by atoms with Crippen LogP contribution in [0.3, 0.4) is 0 Å². The van der Waals surface area contributed by atoms with Crippen LogP contribution in [-0.4, -0.2) is 23.1 Å². The molecule has 0 saturated carbocycles. The van der Waals surface area contributed by atoms with Crippen LogP contribution >= 0.6 is 15.9 Å². The molecule has 8 heteroatoms. The first-order chi connectivity index (χ1) is 11.9. The maximum Gasteiger partial charge on any atom is 0.279 e. The number of nitrogens with zero attached hydrogens (tertiary/aromatic N) is 1. The third-order valence-corrected chi connectivity index (χ3v) is 4.08. The first-order valence-electron chi connectivity index (χ1n) is 7.79. The number of hydrazine groups is 1. The Morgan fingerprint density at radius 3 is 2.72 bits per heavy atom. The molecule has 0 bridgehead atoms. The van der Waals surface area contributed by atoms with Crippen molar-refractivity contribution in [3.05, 3.63) is 45.8 Å². The van der Waals surface area contributed by atoms with Crippen molar-refractivity contribution in [1.82, 2.24) is 16.0 Å². The number of carbonyl (C=O) groups excluding carboxylic acids is 2. The van der Waals surface area contributed by atoms with Gasteiger partial charge in [-0.15, -0.1) is 0 Å². The molecule has 0 saturated heterocycles. The number of amides is 2. The fourth-order valence-corrected chi connectivity index (χ4v) is 2.57. The van der Waals surface area contributed by atoms with Crippen molar-refractivity contribution in [3.63, 3.8) is 0 Å². The van der Waals surface area contributed by atoms with Crippen LogP contribution in [0.1, 0.15) is 30.4 Å². The van der Waals surface area contributed by atoms with Crippen molar-refractivity contribution in [1.29, 1.82) is 0 Å². The van der Waals surface area contributed by atoms with Crippen LogP contribution in [0.4, 0.5) is 0 Å². The lowest BCUT2D eigenvalue weighted by Crippen LogP contribution is -2.47. The van der Waals surface area contributed by atoms with Crippen molar-refractivity contribution >= 4 is 27.7 Å². The number of benzene rings is 1. The van der Waals surface area contributed by atoms with E-state index in [1.54, 1.807) is 32.0 Å². The van der Waals surface area contributed by atoms with Gasteiger partial charge in [0.2, 0.25) is 5.91 Å². The molecule has 0 aliphatic rings. The summed E-state index contributed by atoms with van der Waals surface area (Å²) in [6.45, 7) is 5.23. The Bertz CT molecular complexity index is 741. The third-order valence-electron chi connectivity index (χ3n) is 3.59. The van der Waals surface area contributed by atoms with E-state index in [1.165, 1.54) is 0 Å². The fraction of sp³-hybridized carbons (Fsp3) is 0.353. The summed E-state index contributed by atoms with van der Waals surface area (Å²) in [6, 6.07) is 7.17. The van der Waals surface area contributed by atoms with E-state index in [9.17, 15) is 9.59 Å². The average Bonchev–Trinajstić information content (AvgIpc) is 2.89. The Balaban J connectivity index is 1.76. The van der Waals surface area contributed by atoms with E-state index in [0.717, 1.165) is 15.7 Å². The Hall–Kier alpha value is -2.35. The average molecular weight is 410 g/mol. The molecule has 2 amide bonds. The number of aryl methyl sites for hydroxylation is 2. The number of nitrogens with one attached hydrogen (secondary N) is 2. The second kappa shape index (κ2) is 8.66. The lowest BCUT2D eigenvalue weighted by atomic mass is 10.1. The Kier molecular flexibility index (Phi) is 6.58. The van der Waals surface area contributed by atoms with Gasteiger partial charge in [0.15, 0.2) is 6.10 Å². The first kappa shape index (κ1) is 19.0. The molecule has 1 heterocycles. The molecule has 2 rings (SSSR count). The molecular formula is C17H20BrN3O4. The summed E-state index contributed by atoms with van der Waals surface area (Å²) < 4.78 is 11.4. The number of rotatable bonds is 6. The molecule has 2 N–H and O–H groups in total. The minimum atomic E-state index is -0.753. The summed E-state index contributed by atoms with van der Waals surface area (Å²) >= 11 is 3.33. The van der Waals surface area contributed by atoms with Crippen molar-refractivity contribution in [2.75, 3.05) is 0 Å². The van der Waals surface area contributed by atoms with Gasteiger partial charge in [0.25, 0.3) is 5.91 Å². The highest BCUT2D eigenvalue weighted by atomic mass is 79.9. The zero-order chi connectivity index (χ0) is 18.4. The smallest absolute Gasteiger partial charge is 0.279 e. The van der Waals surface area contributed by atoms with Gasteiger partial charge in [0, 0.05) is 16.5 Å². The molecule has 0 aliphatic carbocycles. The predicted molar refractivity (Wildman–Crippen MR) is 94.8 cm³/mol. The molecule has 0 unspecified atom stereocenters. The van der Waals surface area contributed by atoms with Gasteiger partial charge in [-0.25, -0.2) is 0 Å². The summed E-state index contributed by atoms with van der Waals surface area (Å²) in [5.41, 5.74) is 6.42. The Morgan fingerprint density at radius 2 is 2.08 bits per heavy atom. The predicted octanol–water partition coefficient (Wildman–Crippen LogP) is 2.60. The summed E-state index contributed by atoms with van der Waals surface area (Å²) in [5, 5.41) is 3.84. The van der Waals surface area contributed by atoms with Crippen LogP contribution in [0.15, 0.2) is 33.3 Å². The Labute approximate surface area is 154 Å². The van der Waals surface area contributed by atoms with E-state index < -0.39 is 12.0 Å². The van der Waals surface area contributed by atoms with Crippen LogP contribution in [-0.2, 0) is 16.0 Å². The summed E-state index contributed by atoms with van der Waals surface area (Å²) in [4.78, 5) is 23.9. The van der Waals surface area contributed by atoms with Gasteiger partial charge < -0.3 is 9.26 Å². The van der Waals surface area contributed by atoms with Crippen molar-refractivity contribution < 1.29 is 18.8 Å². The van der Waals surface area contributed by atoms with E-state index in [-0.39, 0.29) is 12.3 Å². The van der Waals surface area contributed by atoms with Crippen LogP contribution < -0.4 is 15.6 Å². The molecule has 0 spiro atoms. The van der Waals surface area contributed by atoms with Gasteiger partial charge in [0.05, 0.1) is 5.69 Å². The van der Waals surface area contributed by atoms with E-state index in [0.29, 0.717) is 17.9 Å². The molecule has 0 fully saturated rings. The maximum absolute atomic E-state index is 12.0. The number of hydrogen-bond acceptors (Lipinski definition) is 5. The fourth-order valence-electron chi connectivity index (χ4n) is 2.19. The number of hydrogen-bond donors (Lipinski definition) is 2. The third kappa shape index (κ3) is 5.60. The summed E-state index contributed by atoms with van der Waals surface area (Å²) in [5.74, 6) is 0.515. The van der Waals surface area contributed by atoms with Crippen LogP contribution in [0.5, 0.6) is 5.75 Å². The van der Waals surface area contributed by atoms with Crippen molar-refractivity contribution in [2.24, 2.45) is 0 Å². The molecule has 1 aromatic carbocycles. The number of ether oxygens (including phenoxy) is 1. The highest BCUT2D eigenvalue weighted by Crippen LogP contribution is 2.18. The number of carbonyl (C=O) groups is 2. The molecule has 134 valence electrons. The Morgan fingerprint density at radius 1 is 1.32 bits per heavy atom. The normalized spacial score (nSPS) is 11.7. The van der Waals surface area contributed by atoms with E-state index in [1.807, 2.05) is 13.0 Å². The molecule has 2 aromatic rings. The second-order valence-electron chi connectivity index (χ2n) is 5.56. The van der Waals surface area contributed by atoms with Gasteiger partial charge in [-0.1, -0.05) is 27.2 Å². The van der Waals surface area contributed by atoms with Crippen molar-refractivity contribution in [3.8, 4) is 5.75 Å². The van der Waals surface area contributed by atoms with Gasteiger partial charge in [-0.05, 0) is 45.4 Å². The quantitative estimate of drug-likeness (QED) is 0.715. The lowest BCUT2D eigenvalue weighted by molar-refractivity contribution is -0.132. The largest absolute Gasteiger partial charge is 0.481 e. The number of aromatic nitrogens is 1. The van der Waals surface area contributed by atoms with Crippen LogP contribution in [0.2, 0.25) is 0 Å². The SMILES string of the molecule is Cc1noc(C)c1CCC(=O)NNC(=O)[C@@H](C)Oc1cccc(Br)c1. The van der Waals surface area contributed by atoms with E-state index >= 15 is 0 Å². The second-order valence-corrected chi connectivity index (χ2v) is 6.47. The zero-order valence-electron chi connectivity index (χ0n) is 14.3. The van der Waals surface area contributed by atoms with E-state index in [4.69, 9.17) is 9.26 Å². The highest BCUT2D eigenvalue weighted by molar-refractivity contribution is 9.10. The highest BCUT2D eigenvalue weighted by Gasteiger charge is 2.16. The van der Waals surface area contributed by atoms with Gasteiger partial charge >= 0.3 is 0 Å². The lowest BCUT2D eigenvalue weighted by Gasteiger charge is -2.15. The molecule has 0 radical (unpaired) electrons. The van der Waals surface area contributed by atoms with Gasteiger partial charge in [0.1, 0.15) is 11.5 Å². The van der Waals surface area contributed by atoms with Crippen LogP contribution in [0, 0.1) is 13.8 Å². The molecule has 1 aromatic heterocycles. The minimum Gasteiger partial charge on any atom is -0.481 e. The monoisotopic (exact) mass is 409 g/mol. The number of halogens is 1. The molecule has 7 nitrogen and oxygen atoms in total. The molecule has 1 atom stereocenters. The van der Waals surface area contributed by atoms with Crippen molar-refractivity contribution in [2.45, 2.75) is 39.7 Å². The van der Waals surface area contributed by atoms with Crippen LogP contribution in [0.25, 0.3) is 0 Å². The molecular weight excluding hydrogens is 390 g/mol. The summed E-state index contributed by atoms with van der Waals surface area (Å²) in [6.07, 6.45) is -0.0473. The molecule has 25 heavy (non-hydrogen) atoms. The van der Waals surface area contributed by atoms with Gasteiger partial charge in [-0.3, -0.25) is 20.4 Å². The standard InChI is InChI=1S/C17H20BrN3O4/c1-10-15(11(2)25-21-10)7-8-16(22)19-20-17(23)12(3)24-14-6-4-5-13(18)9-14/h4-6,9,12H,7-8H2,1-3H3,(H,19,22)(H,20,23)/t12-/m1/s1. The van der Waals surface area contributed by atoms with Gasteiger partial charge in [-0.2, -0.15) is 0 Å². The topological polar surface area (TPSA) is 93.5 Å². The summed E-state index contributed by atoms with van der Waals surface area (Å²) in [7, 11) is 0. The maximum atomic E-state index is 12.0. The molecule has 0 aliphatic heterocycles. The zero-order valence-corrected chi connectivity index (χ0v) is 15.8.